The Hall–Kier alpha value is -1.95. The molecule has 19 heavy (non-hydrogen) atoms. The Morgan fingerprint density at radius 1 is 1.37 bits per heavy atom. The van der Waals surface area contributed by atoms with Crippen LogP contribution in [-0.4, -0.2) is 19.7 Å². The summed E-state index contributed by atoms with van der Waals surface area (Å²) in [5.74, 6) is 1.29. The first kappa shape index (κ1) is 13.5. The Morgan fingerprint density at radius 3 is 2.63 bits per heavy atom. The number of rotatable bonds is 4. The SMILES string of the molecule is CC(C)n1c(CCl)nnc1-c1ccccc1[N+](=O)[O-]. The van der Waals surface area contributed by atoms with Crippen molar-refractivity contribution >= 4 is 17.3 Å². The lowest BCUT2D eigenvalue weighted by Gasteiger charge is -2.12. The van der Waals surface area contributed by atoms with E-state index in [1.165, 1.54) is 6.07 Å². The first-order valence-corrected chi connectivity index (χ1v) is 6.33. The van der Waals surface area contributed by atoms with Crippen molar-refractivity contribution in [2.24, 2.45) is 0 Å². The van der Waals surface area contributed by atoms with Crippen LogP contribution in [0.4, 0.5) is 5.69 Å². The summed E-state index contributed by atoms with van der Waals surface area (Å²) in [6.07, 6.45) is 0. The van der Waals surface area contributed by atoms with Crippen molar-refractivity contribution in [2.45, 2.75) is 25.8 Å². The Morgan fingerprint density at radius 2 is 2.05 bits per heavy atom. The van der Waals surface area contributed by atoms with Gasteiger partial charge in [-0.25, -0.2) is 0 Å². The topological polar surface area (TPSA) is 73.8 Å². The molecule has 1 heterocycles. The molecular weight excluding hydrogens is 268 g/mol. The van der Waals surface area contributed by atoms with Gasteiger partial charge in [-0.2, -0.15) is 0 Å². The lowest BCUT2D eigenvalue weighted by atomic mass is 10.1. The van der Waals surface area contributed by atoms with E-state index >= 15 is 0 Å². The molecule has 0 fully saturated rings. The molecule has 1 aromatic carbocycles. The van der Waals surface area contributed by atoms with Crippen LogP contribution in [0.3, 0.4) is 0 Å². The average molecular weight is 281 g/mol. The molecule has 1 aromatic heterocycles. The van der Waals surface area contributed by atoms with Crippen molar-refractivity contribution in [2.75, 3.05) is 0 Å². The molecule has 0 atom stereocenters. The van der Waals surface area contributed by atoms with Gasteiger partial charge in [0.25, 0.3) is 5.69 Å². The maximum atomic E-state index is 11.1. The maximum Gasteiger partial charge on any atom is 0.280 e. The molecule has 0 spiro atoms. The molecule has 7 heteroatoms. The first-order chi connectivity index (χ1) is 9.06. The van der Waals surface area contributed by atoms with E-state index < -0.39 is 4.92 Å². The molecule has 6 nitrogen and oxygen atoms in total. The monoisotopic (exact) mass is 280 g/mol. The van der Waals surface area contributed by atoms with E-state index in [4.69, 9.17) is 11.6 Å². The number of hydrogen-bond acceptors (Lipinski definition) is 4. The van der Waals surface area contributed by atoms with Crippen LogP contribution in [0.1, 0.15) is 25.7 Å². The van der Waals surface area contributed by atoms with Gasteiger partial charge in [0.2, 0.25) is 0 Å². The van der Waals surface area contributed by atoms with Crippen LogP contribution in [0.15, 0.2) is 24.3 Å². The van der Waals surface area contributed by atoms with Crippen molar-refractivity contribution in [1.29, 1.82) is 0 Å². The van der Waals surface area contributed by atoms with Crippen LogP contribution >= 0.6 is 11.6 Å². The summed E-state index contributed by atoms with van der Waals surface area (Å²) in [6.45, 7) is 3.91. The predicted molar refractivity (Wildman–Crippen MR) is 72.1 cm³/mol. The van der Waals surface area contributed by atoms with Gasteiger partial charge >= 0.3 is 0 Å². The number of aromatic nitrogens is 3. The highest BCUT2D eigenvalue weighted by Gasteiger charge is 2.22. The third-order valence-corrected chi connectivity index (χ3v) is 2.98. The lowest BCUT2D eigenvalue weighted by molar-refractivity contribution is -0.384. The molecule has 0 bridgehead atoms. The highest BCUT2D eigenvalue weighted by molar-refractivity contribution is 6.16. The van der Waals surface area contributed by atoms with Crippen molar-refractivity contribution in [3.63, 3.8) is 0 Å². The fourth-order valence-electron chi connectivity index (χ4n) is 1.96. The van der Waals surface area contributed by atoms with Crippen molar-refractivity contribution in [3.05, 3.63) is 40.2 Å². The Kier molecular flexibility index (Phi) is 3.80. The summed E-state index contributed by atoms with van der Waals surface area (Å²) in [4.78, 5) is 10.7. The summed E-state index contributed by atoms with van der Waals surface area (Å²) in [5.41, 5.74) is 0.461. The zero-order chi connectivity index (χ0) is 14.0. The van der Waals surface area contributed by atoms with Gasteiger partial charge < -0.3 is 4.57 Å². The summed E-state index contributed by atoms with van der Waals surface area (Å²) < 4.78 is 1.81. The third-order valence-electron chi connectivity index (χ3n) is 2.74. The molecule has 0 unspecified atom stereocenters. The molecular formula is C12H13ClN4O2. The number of halogens is 1. The molecule has 0 aliphatic carbocycles. The van der Waals surface area contributed by atoms with Crippen LogP contribution in [0.5, 0.6) is 0 Å². The van der Waals surface area contributed by atoms with Gasteiger partial charge in [0.15, 0.2) is 5.82 Å². The van der Waals surface area contributed by atoms with Gasteiger partial charge in [-0.05, 0) is 19.9 Å². The largest absolute Gasteiger partial charge is 0.307 e. The van der Waals surface area contributed by atoms with Crippen LogP contribution in [0.2, 0.25) is 0 Å². The third kappa shape index (κ3) is 2.44. The number of para-hydroxylation sites is 1. The molecule has 0 aliphatic heterocycles. The van der Waals surface area contributed by atoms with Gasteiger partial charge in [-0.3, -0.25) is 10.1 Å². The van der Waals surface area contributed by atoms with E-state index in [1.807, 2.05) is 18.4 Å². The predicted octanol–water partition coefficient (Wildman–Crippen LogP) is 3.17. The molecule has 0 saturated heterocycles. The highest BCUT2D eigenvalue weighted by Crippen LogP contribution is 2.30. The van der Waals surface area contributed by atoms with Crippen molar-refractivity contribution in [1.82, 2.24) is 14.8 Å². The molecule has 0 aliphatic rings. The van der Waals surface area contributed by atoms with Crippen LogP contribution in [0.25, 0.3) is 11.4 Å². The fourth-order valence-corrected chi connectivity index (χ4v) is 2.15. The molecule has 2 rings (SSSR count). The van der Waals surface area contributed by atoms with Crippen molar-refractivity contribution in [3.8, 4) is 11.4 Å². The van der Waals surface area contributed by atoms with Gasteiger partial charge in [0.05, 0.1) is 16.4 Å². The van der Waals surface area contributed by atoms with Crippen LogP contribution in [-0.2, 0) is 5.88 Å². The Labute approximate surface area is 115 Å². The zero-order valence-corrected chi connectivity index (χ0v) is 11.3. The minimum Gasteiger partial charge on any atom is -0.307 e. The minimum atomic E-state index is -0.422. The van der Waals surface area contributed by atoms with E-state index in [1.54, 1.807) is 18.2 Å². The maximum absolute atomic E-state index is 11.1. The number of benzene rings is 1. The minimum absolute atomic E-state index is 0.0120. The quantitative estimate of drug-likeness (QED) is 0.490. The fraction of sp³-hybridized carbons (Fsp3) is 0.333. The average Bonchev–Trinajstić information content (AvgIpc) is 2.82. The number of hydrogen-bond donors (Lipinski definition) is 0. The van der Waals surface area contributed by atoms with E-state index in [9.17, 15) is 10.1 Å². The molecule has 0 radical (unpaired) electrons. The number of alkyl halides is 1. The number of nitrogens with zero attached hydrogens (tertiary/aromatic N) is 4. The Balaban J connectivity index is 2.66. The smallest absolute Gasteiger partial charge is 0.280 e. The molecule has 2 aromatic rings. The molecule has 0 saturated carbocycles. The van der Waals surface area contributed by atoms with Crippen LogP contribution in [0, 0.1) is 10.1 Å². The second kappa shape index (κ2) is 5.36. The summed E-state index contributed by atoms with van der Waals surface area (Å²) in [6, 6.07) is 6.55. The number of nitro groups is 1. The Bertz CT molecular complexity index is 610. The zero-order valence-electron chi connectivity index (χ0n) is 10.6. The lowest BCUT2D eigenvalue weighted by Crippen LogP contribution is -2.07. The second-order valence-electron chi connectivity index (χ2n) is 4.31. The van der Waals surface area contributed by atoms with Gasteiger partial charge in [-0.1, -0.05) is 12.1 Å². The summed E-state index contributed by atoms with van der Waals surface area (Å²) in [7, 11) is 0. The highest BCUT2D eigenvalue weighted by atomic mass is 35.5. The first-order valence-electron chi connectivity index (χ1n) is 5.79. The van der Waals surface area contributed by atoms with E-state index in [-0.39, 0.29) is 17.6 Å². The molecule has 0 amide bonds. The normalized spacial score (nSPS) is 10.9. The van der Waals surface area contributed by atoms with Gasteiger partial charge in [0.1, 0.15) is 5.82 Å². The van der Waals surface area contributed by atoms with Crippen molar-refractivity contribution < 1.29 is 4.92 Å². The van der Waals surface area contributed by atoms with Gasteiger partial charge in [0, 0.05) is 12.1 Å². The van der Waals surface area contributed by atoms with E-state index in [2.05, 4.69) is 10.2 Å². The molecule has 0 N–H and O–H groups in total. The second-order valence-corrected chi connectivity index (χ2v) is 4.58. The van der Waals surface area contributed by atoms with Crippen LogP contribution < -0.4 is 0 Å². The van der Waals surface area contributed by atoms with Gasteiger partial charge in [-0.15, -0.1) is 21.8 Å². The van der Waals surface area contributed by atoms with E-state index in [0.717, 1.165) is 0 Å². The van der Waals surface area contributed by atoms with E-state index in [0.29, 0.717) is 17.2 Å². The summed E-state index contributed by atoms with van der Waals surface area (Å²) >= 11 is 5.82. The molecule has 100 valence electrons. The number of nitro benzene ring substituents is 1. The standard InChI is InChI=1S/C12H13ClN4O2/c1-8(2)16-11(7-13)14-15-12(16)9-5-3-4-6-10(9)17(18)19/h3-6,8H,7H2,1-2H3. The summed E-state index contributed by atoms with van der Waals surface area (Å²) in [5, 5.41) is 19.1.